The van der Waals surface area contributed by atoms with Crippen LogP contribution in [0, 0.1) is 0 Å². The SMILES string of the molecule is NC(=O)CNC(=O)Nc1ccc2[nH]c(=O)c(C(=O)n3ccnc3)cc2c1. The van der Waals surface area contributed by atoms with E-state index in [2.05, 4.69) is 20.6 Å². The third kappa shape index (κ3) is 3.59. The molecule has 5 N–H and O–H groups in total. The molecule has 2 aromatic heterocycles. The number of fused-ring (bicyclic) bond motifs is 1. The van der Waals surface area contributed by atoms with Crippen LogP contribution in [0.2, 0.25) is 0 Å². The average Bonchev–Trinajstić information content (AvgIpc) is 3.13. The van der Waals surface area contributed by atoms with Crippen molar-refractivity contribution in [3.63, 3.8) is 0 Å². The van der Waals surface area contributed by atoms with Gasteiger partial charge in [-0.3, -0.25) is 19.0 Å². The van der Waals surface area contributed by atoms with Gasteiger partial charge < -0.3 is 21.4 Å². The molecule has 0 radical (unpaired) electrons. The normalized spacial score (nSPS) is 10.5. The van der Waals surface area contributed by atoms with Crippen molar-refractivity contribution < 1.29 is 14.4 Å². The average molecular weight is 354 g/mol. The monoisotopic (exact) mass is 354 g/mol. The van der Waals surface area contributed by atoms with Gasteiger partial charge in [0, 0.05) is 29.0 Å². The highest BCUT2D eigenvalue weighted by Gasteiger charge is 2.14. The van der Waals surface area contributed by atoms with E-state index in [1.54, 1.807) is 18.2 Å². The van der Waals surface area contributed by atoms with E-state index in [9.17, 15) is 19.2 Å². The Kier molecular flexibility index (Phi) is 4.48. The molecule has 2 heterocycles. The zero-order valence-corrected chi connectivity index (χ0v) is 13.4. The minimum atomic E-state index is -0.668. The van der Waals surface area contributed by atoms with Crippen LogP contribution in [-0.2, 0) is 4.79 Å². The highest BCUT2D eigenvalue weighted by molar-refractivity contribution is 5.99. The molecule has 3 rings (SSSR count). The molecular formula is C16H14N6O4. The second-order valence-electron chi connectivity index (χ2n) is 5.36. The second-order valence-corrected chi connectivity index (χ2v) is 5.36. The van der Waals surface area contributed by atoms with Crippen LogP contribution < -0.4 is 21.9 Å². The maximum absolute atomic E-state index is 12.4. The fraction of sp³-hybridized carbons (Fsp3) is 0.0625. The molecule has 10 heteroatoms. The Hall–Kier alpha value is -3.95. The van der Waals surface area contributed by atoms with E-state index in [1.165, 1.54) is 29.4 Å². The van der Waals surface area contributed by atoms with Gasteiger partial charge in [0.15, 0.2) is 0 Å². The van der Waals surface area contributed by atoms with Crippen LogP contribution in [0.3, 0.4) is 0 Å². The van der Waals surface area contributed by atoms with Gasteiger partial charge in [-0.2, -0.15) is 0 Å². The first-order chi connectivity index (χ1) is 12.4. The van der Waals surface area contributed by atoms with Gasteiger partial charge >= 0.3 is 6.03 Å². The second kappa shape index (κ2) is 6.89. The molecule has 0 atom stereocenters. The molecule has 0 aliphatic carbocycles. The van der Waals surface area contributed by atoms with Gasteiger partial charge in [-0.15, -0.1) is 0 Å². The Morgan fingerprint density at radius 3 is 2.73 bits per heavy atom. The number of imidazole rings is 1. The van der Waals surface area contributed by atoms with Crippen LogP contribution in [0.15, 0.2) is 47.8 Å². The van der Waals surface area contributed by atoms with E-state index in [4.69, 9.17) is 5.73 Å². The van der Waals surface area contributed by atoms with E-state index < -0.39 is 23.4 Å². The molecule has 0 aliphatic rings. The summed E-state index contributed by atoms with van der Waals surface area (Å²) in [5.74, 6) is -1.19. The summed E-state index contributed by atoms with van der Waals surface area (Å²) in [5, 5.41) is 5.36. The predicted octanol–water partition coefficient (Wildman–Crippen LogP) is 0.0199. The van der Waals surface area contributed by atoms with E-state index >= 15 is 0 Å². The lowest BCUT2D eigenvalue weighted by Gasteiger charge is -2.08. The number of carbonyl (C=O) groups excluding carboxylic acids is 3. The summed E-state index contributed by atoms with van der Waals surface area (Å²) >= 11 is 0. The number of nitrogens with one attached hydrogen (secondary N) is 3. The first-order valence-electron chi connectivity index (χ1n) is 7.47. The Balaban J connectivity index is 1.90. The fourth-order valence-corrected chi connectivity index (χ4v) is 2.30. The lowest BCUT2D eigenvalue weighted by molar-refractivity contribution is -0.117. The topological polar surface area (TPSA) is 152 Å². The van der Waals surface area contributed by atoms with Crippen LogP contribution >= 0.6 is 0 Å². The molecule has 10 nitrogen and oxygen atoms in total. The summed E-state index contributed by atoms with van der Waals surface area (Å²) in [6.07, 6.45) is 4.17. The summed E-state index contributed by atoms with van der Waals surface area (Å²) in [4.78, 5) is 53.3. The number of hydrogen-bond acceptors (Lipinski definition) is 5. The maximum Gasteiger partial charge on any atom is 0.319 e. The lowest BCUT2D eigenvalue weighted by Crippen LogP contribution is -2.36. The van der Waals surface area contributed by atoms with E-state index in [1.807, 2.05) is 0 Å². The van der Waals surface area contributed by atoms with Crippen LogP contribution in [0.1, 0.15) is 10.4 Å². The fourth-order valence-electron chi connectivity index (χ4n) is 2.30. The van der Waals surface area contributed by atoms with Crippen molar-refractivity contribution in [2.24, 2.45) is 5.73 Å². The number of nitrogens with zero attached hydrogens (tertiary/aromatic N) is 2. The number of pyridine rings is 1. The number of urea groups is 1. The Morgan fingerprint density at radius 2 is 2.04 bits per heavy atom. The number of anilines is 1. The largest absolute Gasteiger partial charge is 0.368 e. The molecule has 0 aliphatic heterocycles. The third-order valence-electron chi connectivity index (χ3n) is 3.49. The minimum Gasteiger partial charge on any atom is -0.368 e. The molecule has 3 aromatic rings. The Bertz CT molecular complexity index is 1050. The van der Waals surface area contributed by atoms with E-state index in [-0.39, 0.29) is 12.1 Å². The van der Waals surface area contributed by atoms with Crippen LogP contribution in [-0.4, -0.2) is 38.9 Å². The summed E-state index contributed by atoms with van der Waals surface area (Å²) in [6.45, 7) is -0.295. The van der Waals surface area contributed by atoms with Crippen molar-refractivity contribution in [1.82, 2.24) is 19.9 Å². The van der Waals surface area contributed by atoms with Gasteiger partial charge in [0.2, 0.25) is 5.91 Å². The summed E-state index contributed by atoms with van der Waals surface area (Å²) < 4.78 is 1.19. The van der Waals surface area contributed by atoms with Gasteiger partial charge in [-0.05, 0) is 24.3 Å². The molecule has 0 unspecified atom stereocenters. The number of benzene rings is 1. The van der Waals surface area contributed by atoms with Gasteiger partial charge in [0.05, 0.1) is 6.54 Å². The zero-order valence-electron chi connectivity index (χ0n) is 13.4. The number of rotatable bonds is 4. The van der Waals surface area contributed by atoms with Gasteiger partial charge in [-0.1, -0.05) is 0 Å². The molecule has 3 amide bonds. The zero-order chi connectivity index (χ0) is 18.7. The van der Waals surface area contributed by atoms with E-state index in [0.717, 1.165) is 0 Å². The number of nitrogens with two attached hydrogens (primary N) is 1. The maximum atomic E-state index is 12.4. The van der Waals surface area contributed by atoms with Crippen molar-refractivity contribution in [3.8, 4) is 0 Å². The quantitative estimate of drug-likeness (QED) is 0.520. The molecule has 0 fully saturated rings. The van der Waals surface area contributed by atoms with Crippen molar-refractivity contribution >= 4 is 34.4 Å². The number of aromatic amines is 1. The minimum absolute atomic E-state index is 0.0640. The smallest absolute Gasteiger partial charge is 0.319 e. The van der Waals surface area contributed by atoms with Gasteiger partial charge in [0.25, 0.3) is 11.5 Å². The summed E-state index contributed by atoms with van der Waals surface area (Å²) in [7, 11) is 0. The highest BCUT2D eigenvalue weighted by atomic mass is 16.2. The number of carbonyl (C=O) groups is 3. The Labute approximate surface area is 146 Å². The third-order valence-corrected chi connectivity index (χ3v) is 3.49. The summed E-state index contributed by atoms with van der Waals surface area (Å²) in [6, 6.07) is 5.57. The standard InChI is InChI=1S/C16H14N6O4/c17-13(23)7-19-16(26)20-10-1-2-12-9(5-10)6-11(14(24)21-12)15(25)22-4-3-18-8-22/h1-6,8H,7H2,(H2,17,23)(H,21,24)(H2,19,20,26). The number of amides is 3. The molecule has 26 heavy (non-hydrogen) atoms. The number of H-pyrrole nitrogens is 1. The predicted molar refractivity (Wildman–Crippen MR) is 92.7 cm³/mol. The van der Waals surface area contributed by atoms with Crippen molar-refractivity contribution in [2.75, 3.05) is 11.9 Å². The number of aromatic nitrogens is 3. The molecular weight excluding hydrogens is 340 g/mol. The van der Waals surface area contributed by atoms with Crippen LogP contribution in [0.25, 0.3) is 10.9 Å². The lowest BCUT2D eigenvalue weighted by atomic mass is 10.1. The molecule has 0 bridgehead atoms. The van der Waals surface area contributed by atoms with Crippen molar-refractivity contribution in [2.45, 2.75) is 0 Å². The van der Waals surface area contributed by atoms with Crippen molar-refractivity contribution in [3.05, 3.63) is 58.9 Å². The van der Waals surface area contributed by atoms with Gasteiger partial charge in [-0.25, -0.2) is 9.78 Å². The van der Waals surface area contributed by atoms with Crippen LogP contribution in [0.5, 0.6) is 0 Å². The van der Waals surface area contributed by atoms with Gasteiger partial charge in [0.1, 0.15) is 11.9 Å². The molecule has 0 saturated carbocycles. The highest BCUT2D eigenvalue weighted by Crippen LogP contribution is 2.17. The van der Waals surface area contributed by atoms with E-state index in [0.29, 0.717) is 16.6 Å². The van der Waals surface area contributed by atoms with Crippen molar-refractivity contribution in [1.29, 1.82) is 0 Å². The summed E-state index contributed by atoms with van der Waals surface area (Å²) in [5.41, 5.74) is 5.27. The molecule has 132 valence electrons. The molecule has 0 saturated heterocycles. The van der Waals surface area contributed by atoms with Crippen LogP contribution in [0.4, 0.5) is 10.5 Å². The molecule has 0 spiro atoms. The number of primary amides is 1. The first-order valence-corrected chi connectivity index (χ1v) is 7.47. The first kappa shape index (κ1) is 16.9. The Morgan fingerprint density at radius 1 is 1.23 bits per heavy atom. The number of hydrogen-bond donors (Lipinski definition) is 4. The molecule has 1 aromatic carbocycles.